The Morgan fingerprint density at radius 3 is 2.31 bits per heavy atom. The summed E-state index contributed by atoms with van der Waals surface area (Å²) in [7, 11) is 1.58. The predicted molar refractivity (Wildman–Crippen MR) is 69.3 cm³/mol. The first-order valence-corrected chi connectivity index (χ1v) is 5.74. The smallest absolute Gasteiger partial charge is 0.223 e. The minimum atomic E-state index is -0.470. The van der Waals surface area contributed by atoms with E-state index >= 15 is 0 Å². The van der Waals surface area contributed by atoms with Gasteiger partial charge in [-0.3, -0.25) is 4.79 Å². The van der Waals surface area contributed by atoms with Gasteiger partial charge in [-0.15, -0.1) is 0 Å². The summed E-state index contributed by atoms with van der Waals surface area (Å²) < 4.78 is 5.19. The van der Waals surface area contributed by atoms with Crippen molar-refractivity contribution in [3.05, 3.63) is 0 Å². The second-order valence-corrected chi connectivity index (χ2v) is 5.30. The number of methoxy groups -OCH3 is 1. The number of rotatable bonds is 6. The van der Waals surface area contributed by atoms with Gasteiger partial charge in [-0.25, -0.2) is 0 Å². The first-order chi connectivity index (χ1) is 7.19. The number of thiocarbonyl (C=S) groups is 1. The molecule has 0 saturated heterocycles. The maximum atomic E-state index is 11.7. The van der Waals surface area contributed by atoms with E-state index in [0.29, 0.717) is 4.99 Å². The fourth-order valence-corrected chi connectivity index (χ4v) is 1.58. The van der Waals surface area contributed by atoms with E-state index in [4.69, 9.17) is 22.7 Å². The SMILES string of the molecule is COC(C)(C)CC(=O)NC(C(N)=S)C(C)C. The molecule has 94 valence electrons. The van der Waals surface area contributed by atoms with Crippen LogP contribution >= 0.6 is 12.2 Å². The third-order valence-corrected chi connectivity index (χ3v) is 2.68. The van der Waals surface area contributed by atoms with E-state index in [1.807, 2.05) is 27.7 Å². The Morgan fingerprint density at radius 2 is 2.00 bits per heavy atom. The molecule has 4 nitrogen and oxygen atoms in total. The van der Waals surface area contributed by atoms with E-state index in [9.17, 15) is 4.79 Å². The summed E-state index contributed by atoms with van der Waals surface area (Å²) in [4.78, 5) is 12.0. The van der Waals surface area contributed by atoms with Crippen LogP contribution in [0.1, 0.15) is 34.1 Å². The minimum absolute atomic E-state index is 0.0988. The lowest BCUT2D eigenvalue weighted by Crippen LogP contribution is -2.48. The number of ether oxygens (including phenoxy) is 1. The Kier molecular flexibility index (Phi) is 5.89. The summed E-state index contributed by atoms with van der Waals surface area (Å²) in [6.07, 6.45) is 0.287. The van der Waals surface area contributed by atoms with Gasteiger partial charge < -0.3 is 15.8 Å². The zero-order valence-corrected chi connectivity index (χ0v) is 11.5. The maximum absolute atomic E-state index is 11.7. The Balaban J connectivity index is 4.37. The Morgan fingerprint density at radius 1 is 1.50 bits per heavy atom. The number of amides is 1. The summed E-state index contributed by atoms with van der Waals surface area (Å²) in [5, 5.41) is 2.82. The van der Waals surface area contributed by atoms with Crippen LogP contribution in [0.25, 0.3) is 0 Å². The minimum Gasteiger partial charge on any atom is -0.392 e. The van der Waals surface area contributed by atoms with Gasteiger partial charge in [-0.2, -0.15) is 0 Å². The summed E-state index contributed by atoms with van der Waals surface area (Å²) >= 11 is 4.91. The fourth-order valence-electron chi connectivity index (χ4n) is 1.25. The molecule has 0 aromatic heterocycles. The zero-order chi connectivity index (χ0) is 12.9. The van der Waals surface area contributed by atoms with Crippen LogP contribution in [0.2, 0.25) is 0 Å². The third kappa shape index (κ3) is 5.42. The van der Waals surface area contributed by atoms with Gasteiger partial charge in [0, 0.05) is 7.11 Å². The molecule has 0 aliphatic heterocycles. The number of hydrogen-bond acceptors (Lipinski definition) is 3. The van der Waals surface area contributed by atoms with Crippen molar-refractivity contribution in [3.8, 4) is 0 Å². The molecule has 1 amide bonds. The molecule has 0 radical (unpaired) electrons. The van der Waals surface area contributed by atoms with Crippen LogP contribution in [0, 0.1) is 5.92 Å². The molecule has 1 atom stereocenters. The molecule has 0 aromatic rings. The van der Waals surface area contributed by atoms with E-state index in [0.717, 1.165) is 0 Å². The van der Waals surface area contributed by atoms with Gasteiger partial charge in [0.05, 0.1) is 23.1 Å². The van der Waals surface area contributed by atoms with E-state index in [1.54, 1.807) is 7.11 Å². The molecule has 0 fully saturated rings. The van der Waals surface area contributed by atoms with E-state index in [-0.39, 0.29) is 24.3 Å². The lowest BCUT2D eigenvalue weighted by Gasteiger charge is -2.25. The third-order valence-electron chi connectivity index (χ3n) is 2.43. The van der Waals surface area contributed by atoms with Crippen LogP contribution < -0.4 is 11.1 Å². The largest absolute Gasteiger partial charge is 0.392 e. The van der Waals surface area contributed by atoms with Crippen LogP contribution in [-0.4, -0.2) is 29.6 Å². The maximum Gasteiger partial charge on any atom is 0.223 e. The highest BCUT2D eigenvalue weighted by Gasteiger charge is 2.24. The standard InChI is InChI=1S/C11H22N2O2S/c1-7(2)9(10(12)16)13-8(14)6-11(3,4)15-5/h7,9H,6H2,1-5H3,(H2,12,16)(H,13,14). The van der Waals surface area contributed by atoms with E-state index in [2.05, 4.69) is 5.32 Å². The van der Waals surface area contributed by atoms with Crippen molar-refractivity contribution < 1.29 is 9.53 Å². The molecule has 0 rings (SSSR count). The number of carbonyl (C=O) groups is 1. The van der Waals surface area contributed by atoms with Gasteiger partial charge in [0.15, 0.2) is 0 Å². The molecule has 16 heavy (non-hydrogen) atoms. The van der Waals surface area contributed by atoms with Crippen LogP contribution in [0.5, 0.6) is 0 Å². The quantitative estimate of drug-likeness (QED) is 0.692. The summed E-state index contributed by atoms with van der Waals surface area (Å²) in [6, 6.07) is -0.254. The highest BCUT2D eigenvalue weighted by Crippen LogP contribution is 2.13. The van der Waals surface area contributed by atoms with Gasteiger partial charge in [-0.05, 0) is 19.8 Å². The molecular formula is C11H22N2O2S. The molecule has 0 aliphatic rings. The van der Waals surface area contributed by atoms with Crippen molar-refractivity contribution in [1.29, 1.82) is 0 Å². The van der Waals surface area contributed by atoms with E-state index in [1.165, 1.54) is 0 Å². The van der Waals surface area contributed by atoms with Gasteiger partial charge in [0.25, 0.3) is 0 Å². The Bertz CT molecular complexity index is 265. The Labute approximate surface area is 103 Å². The molecule has 0 aromatic carbocycles. The summed E-state index contributed by atoms with van der Waals surface area (Å²) in [5.74, 6) is 0.0884. The number of nitrogens with one attached hydrogen (secondary N) is 1. The van der Waals surface area contributed by atoms with Crippen LogP contribution in [0.3, 0.4) is 0 Å². The lowest BCUT2D eigenvalue weighted by atomic mass is 10.0. The zero-order valence-electron chi connectivity index (χ0n) is 10.7. The normalized spacial score (nSPS) is 13.6. The van der Waals surface area contributed by atoms with Crippen molar-refractivity contribution >= 4 is 23.1 Å². The van der Waals surface area contributed by atoms with Crippen LogP contribution in [-0.2, 0) is 9.53 Å². The topological polar surface area (TPSA) is 64.3 Å². The molecule has 3 N–H and O–H groups in total. The van der Waals surface area contributed by atoms with Crippen molar-refractivity contribution in [2.45, 2.75) is 45.8 Å². The number of hydrogen-bond donors (Lipinski definition) is 2. The van der Waals surface area contributed by atoms with Crippen LogP contribution in [0.15, 0.2) is 0 Å². The predicted octanol–water partition coefficient (Wildman–Crippen LogP) is 1.23. The molecule has 0 bridgehead atoms. The average molecular weight is 246 g/mol. The molecule has 0 saturated carbocycles. The van der Waals surface area contributed by atoms with Gasteiger partial charge in [0.2, 0.25) is 5.91 Å². The van der Waals surface area contributed by atoms with Gasteiger partial charge in [0.1, 0.15) is 0 Å². The number of carbonyl (C=O) groups excluding carboxylic acids is 1. The fraction of sp³-hybridized carbons (Fsp3) is 0.818. The first kappa shape index (κ1) is 15.3. The van der Waals surface area contributed by atoms with E-state index < -0.39 is 5.60 Å². The molecule has 0 aliphatic carbocycles. The summed E-state index contributed by atoms with van der Waals surface area (Å²) in [5.41, 5.74) is 5.10. The first-order valence-electron chi connectivity index (χ1n) is 5.33. The molecule has 0 heterocycles. The average Bonchev–Trinajstić information content (AvgIpc) is 2.12. The van der Waals surface area contributed by atoms with Crippen molar-refractivity contribution in [2.24, 2.45) is 11.7 Å². The van der Waals surface area contributed by atoms with Crippen molar-refractivity contribution in [1.82, 2.24) is 5.32 Å². The molecule has 5 heteroatoms. The second-order valence-electron chi connectivity index (χ2n) is 4.83. The van der Waals surface area contributed by atoms with Gasteiger partial charge >= 0.3 is 0 Å². The number of nitrogens with two attached hydrogens (primary N) is 1. The van der Waals surface area contributed by atoms with Crippen molar-refractivity contribution in [3.63, 3.8) is 0 Å². The second kappa shape index (κ2) is 6.15. The monoisotopic (exact) mass is 246 g/mol. The molecule has 1 unspecified atom stereocenters. The van der Waals surface area contributed by atoms with Crippen LogP contribution in [0.4, 0.5) is 0 Å². The van der Waals surface area contributed by atoms with Crippen molar-refractivity contribution in [2.75, 3.05) is 7.11 Å². The lowest BCUT2D eigenvalue weighted by molar-refractivity contribution is -0.126. The van der Waals surface area contributed by atoms with Gasteiger partial charge in [-0.1, -0.05) is 26.1 Å². The highest BCUT2D eigenvalue weighted by molar-refractivity contribution is 7.80. The summed E-state index contributed by atoms with van der Waals surface area (Å²) in [6.45, 7) is 7.65. The molecule has 0 spiro atoms. The Hall–Kier alpha value is -0.680. The molecular weight excluding hydrogens is 224 g/mol. The highest BCUT2D eigenvalue weighted by atomic mass is 32.1.